The number of nitrogens with one attached hydrogen (secondary N) is 1. The van der Waals surface area contributed by atoms with Gasteiger partial charge in [-0.1, -0.05) is 6.42 Å². The van der Waals surface area contributed by atoms with E-state index < -0.39 is 0 Å². The second-order valence-electron chi connectivity index (χ2n) is 4.03. The summed E-state index contributed by atoms with van der Waals surface area (Å²) in [5.41, 5.74) is 1.04. The van der Waals surface area contributed by atoms with E-state index in [0.29, 0.717) is 6.54 Å². The van der Waals surface area contributed by atoms with Crippen molar-refractivity contribution in [1.82, 2.24) is 5.32 Å². The molecule has 1 unspecified atom stereocenters. The third kappa shape index (κ3) is 2.56. The fraction of sp³-hybridized carbons (Fsp3) is 0.636. The van der Waals surface area contributed by atoms with Crippen molar-refractivity contribution in [3.05, 3.63) is 22.4 Å². The average molecular weight is 211 g/mol. The van der Waals surface area contributed by atoms with Gasteiger partial charge in [-0.15, -0.1) is 0 Å². The lowest BCUT2D eigenvalue weighted by Gasteiger charge is -2.26. The number of aliphatic hydroxyl groups is 1. The fourth-order valence-corrected chi connectivity index (χ4v) is 2.41. The molecule has 1 aliphatic carbocycles. The van der Waals surface area contributed by atoms with Gasteiger partial charge in [-0.3, -0.25) is 0 Å². The molecule has 0 aromatic carbocycles. The van der Waals surface area contributed by atoms with Crippen molar-refractivity contribution in [2.24, 2.45) is 5.92 Å². The molecule has 3 heteroatoms. The molecule has 0 amide bonds. The minimum absolute atomic E-state index is 0.332. The SMILES string of the molecule is OC(CNCC1CCC1)c1ccsc1. The maximum Gasteiger partial charge on any atom is 0.0922 e. The smallest absolute Gasteiger partial charge is 0.0922 e. The lowest BCUT2D eigenvalue weighted by atomic mass is 9.85. The predicted molar refractivity (Wildman–Crippen MR) is 59.5 cm³/mol. The van der Waals surface area contributed by atoms with Crippen LogP contribution in [0.1, 0.15) is 30.9 Å². The van der Waals surface area contributed by atoms with Crippen LogP contribution in [0.4, 0.5) is 0 Å². The largest absolute Gasteiger partial charge is 0.387 e. The van der Waals surface area contributed by atoms with E-state index in [-0.39, 0.29) is 6.10 Å². The van der Waals surface area contributed by atoms with Crippen LogP contribution in [-0.2, 0) is 0 Å². The van der Waals surface area contributed by atoms with Crippen LogP contribution in [0.2, 0.25) is 0 Å². The molecule has 1 aromatic heterocycles. The van der Waals surface area contributed by atoms with Crippen LogP contribution >= 0.6 is 11.3 Å². The molecule has 1 heterocycles. The zero-order valence-corrected chi connectivity index (χ0v) is 9.09. The van der Waals surface area contributed by atoms with Gasteiger partial charge in [0.1, 0.15) is 0 Å². The van der Waals surface area contributed by atoms with Crippen molar-refractivity contribution in [2.75, 3.05) is 13.1 Å². The Morgan fingerprint density at radius 2 is 2.43 bits per heavy atom. The molecule has 1 saturated carbocycles. The van der Waals surface area contributed by atoms with Crippen molar-refractivity contribution in [2.45, 2.75) is 25.4 Å². The lowest BCUT2D eigenvalue weighted by Crippen LogP contribution is -2.30. The van der Waals surface area contributed by atoms with E-state index in [4.69, 9.17) is 0 Å². The van der Waals surface area contributed by atoms with Gasteiger partial charge in [-0.05, 0) is 47.7 Å². The van der Waals surface area contributed by atoms with Crippen molar-refractivity contribution >= 4 is 11.3 Å². The van der Waals surface area contributed by atoms with Gasteiger partial charge in [0.25, 0.3) is 0 Å². The molecule has 2 rings (SSSR count). The van der Waals surface area contributed by atoms with E-state index in [2.05, 4.69) is 5.32 Å². The van der Waals surface area contributed by atoms with Gasteiger partial charge >= 0.3 is 0 Å². The Morgan fingerprint density at radius 1 is 1.57 bits per heavy atom. The van der Waals surface area contributed by atoms with Gasteiger partial charge in [-0.25, -0.2) is 0 Å². The normalized spacial score (nSPS) is 19.2. The zero-order chi connectivity index (χ0) is 9.80. The summed E-state index contributed by atoms with van der Waals surface area (Å²) in [6, 6.07) is 1.99. The molecule has 1 atom stereocenters. The summed E-state index contributed by atoms with van der Waals surface area (Å²) in [6.07, 6.45) is 3.78. The topological polar surface area (TPSA) is 32.3 Å². The molecular weight excluding hydrogens is 194 g/mol. The maximum atomic E-state index is 9.76. The first-order valence-electron chi connectivity index (χ1n) is 5.27. The number of hydrogen-bond donors (Lipinski definition) is 2. The number of rotatable bonds is 5. The molecule has 2 N–H and O–H groups in total. The maximum absolute atomic E-state index is 9.76. The Morgan fingerprint density at radius 3 is 3.00 bits per heavy atom. The first kappa shape index (κ1) is 10.1. The van der Waals surface area contributed by atoms with Crippen LogP contribution in [0.15, 0.2) is 16.8 Å². The summed E-state index contributed by atoms with van der Waals surface area (Å²) in [7, 11) is 0. The minimum Gasteiger partial charge on any atom is -0.387 e. The Balaban J connectivity index is 1.65. The molecule has 2 nitrogen and oxygen atoms in total. The minimum atomic E-state index is -0.332. The molecular formula is C11H17NOS. The Kier molecular flexibility index (Phi) is 3.56. The highest BCUT2D eigenvalue weighted by Crippen LogP contribution is 2.25. The zero-order valence-electron chi connectivity index (χ0n) is 8.28. The number of hydrogen-bond acceptors (Lipinski definition) is 3. The van der Waals surface area contributed by atoms with E-state index in [1.54, 1.807) is 11.3 Å². The highest BCUT2D eigenvalue weighted by Gasteiger charge is 2.17. The van der Waals surface area contributed by atoms with Gasteiger partial charge in [0.05, 0.1) is 6.10 Å². The molecule has 0 radical (unpaired) electrons. The monoisotopic (exact) mass is 211 g/mol. The Bertz CT molecular complexity index is 256. The highest BCUT2D eigenvalue weighted by atomic mass is 32.1. The van der Waals surface area contributed by atoms with Crippen molar-refractivity contribution in [3.63, 3.8) is 0 Å². The van der Waals surface area contributed by atoms with E-state index in [1.807, 2.05) is 16.8 Å². The lowest BCUT2D eigenvalue weighted by molar-refractivity contribution is 0.169. The summed E-state index contributed by atoms with van der Waals surface area (Å²) in [5.74, 6) is 0.865. The summed E-state index contributed by atoms with van der Waals surface area (Å²) in [6.45, 7) is 1.76. The Labute approximate surface area is 89.0 Å². The van der Waals surface area contributed by atoms with Crippen LogP contribution in [0.5, 0.6) is 0 Å². The van der Waals surface area contributed by atoms with E-state index >= 15 is 0 Å². The number of thiophene rings is 1. The third-order valence-electron chi connectivity index (χ3n) is 2.92. The van der Waals surface area contributed by atoms with Gasteiger partial charge < -0.3 is 10.4 Å². The molecule has 0 spiro atoms. The van der Waals surface area contributed by atoms with Crippen LogP contribution in [0.3, 0.4) is 0 Å². The van der Waals surface area contributed by atoms with Crippen LogP contribution < -0.4 is 5.32 Å². The van der Waals surface area contributed by atoms with E-state index in [1.165, 1.54) is 19.3 Å². The van der Waals surface area contributed by atoms with Gasteiger partial charge in [0.15, 0.2) is 0 Å². The summed E-state index contributed by atoms with van der Waals surface area (Å²) in [5, 5.41) is 17.1. The summed E-state index contributed by atoms with van der Waals surface area (Å²) < 4.78 is 0. The number of aliphatic hydroxyl groups excluding tert-OH is 1. The van der Waals surface area contributed by atoms with Crippen molar-refractivity contribution < 1.29 is 5.11 Å². The fourth-order valence-electron chi connectivity index (χ4n) is 1.70. The molecule has 0 aliphatic heterocycles. The van der Waals surface area contributed by atoms with Crippen molar-refractivity contribution in [3.8, 4) is 0 Å². The Hall–Kier alpha value is -0.380. The van der Waals surface area contributed by atoms with Crippen molar-refractivity contribution in [1.29, 1.82) is 0 Å². The third-order valence-corrected chi connectivity index (χ3v) is 3.62. The quantitative estimate of drug-likeness (QED) is 0.782. The second-order valence-corrected chi connectivity index (χ2v) is 4.81. The summed E-state index contributed by atoms with van der Waals surface area (Å²) in [4.78, 5) is 0. The molecule has 0 saturated heterocycles. The van der Waals surface area contributed by atoms with Crippen LogP contribution in [0, 0.1) is 5.92 Å². The molecule has 1 fully saturated rings. The summed E-state index contributed by atoms with van der Waals surface area (Å²) >= 11 is 1.64. The molecule has 1 aromatic rings. The predicted octanol–water partition coefficient (Wildman–Crippen LogP) is 2.17. The van der Waals surface area contributed by atoms with Crippen LogP contribution in [0.25, 0.3) is 0 Å². The average Bonchev–Trinajstić information content (AvgIpc) is 2.61. The van der Waals surface area contributed by atoms with Gasteiger partial charge in [-0.2, -0.15) is 11.3 Å². The first-order chi connectivity index (χ1) is 6.86. The molecule has 1 aliphatic rings. The van der Waals surface area contributed by atoms with Crippen LogP contribution in [-0.4, -0.2) is 18.2 Å². The second kappa shape index (κ2) is 4.91. The highest BCUT2D eigenvalue weighted by molar-refractivity contribution is 7.07. The standard InChI is InChI=1S/C11H17NOS/c13-11(10-4-5-14-8-10)7-12-6-9-2-1-3-9/h4-5,8-9,11-13H,1-3,6-7H2. The first-order valence-corrected chi connectivity index (χ1v) is 6.21. The van der Waals surface area contributed by atoms with E-state index in [9.17, 15) is 5.11 Å². The molecule has 78 valence electrons. The molecule has 0 bridgehead atoms. The van der Waals surface area contributed by atoms with E-state index in [0.717, 1.165) is 18.0 Å². The molecule has 14 heavy (non-hydrogen) atoms. The van der Waals surface area contributed by atoms with Gasteiger partial charge in [0, 0.05) is 6.54 Å². The van der Waals surface area contributed by atoms with Gasteiger partial charge in [0.2, 0.25) is 0 Å².